The van der Waals surface area contributed by atoms with Gasteiger partial charge in [0.1, 0.15) is 11.3 Å². The number of piperazine rings is 1. The topological polar surface area (TPSA) is 57.7 Å². The number of benzene rings is 2. The Hall–Kier alpha value is -2.85. The van der Waals surface area contributed by atoms with Gasteiger partial charge in [0.2, 0.25) is 0 Å². The van der Waals surface area contributed by atoms with Gasteiger partial charge in [-0.05, 0) is 36.8 Å². The minimum atomic E-state index is -4.47. The van der Waals surface area contributed by atoms with Crippen molar-refractivity contribution >= 4 is 32.6 Å². The predicted molar refractivity (Wildman–Crippen MR) is 123 cm³/mol. The van der Waals surface area contributed by atoms with Crippen LogP contribution in [0, 0.1) is 6.92 Å². The number of thiazole rings is 1. The molecule has 0 unspecified atom stereocenters. The van der Waals surface area contributed by atoms with Crippen molar-refractivity contribution in [2.75, 3.05) is 51.3 Å². The normalized spacial score (nSPS) is 15.1. The van der Waals surface area contributed by atoms with Gasteiger partial charge in [-0.15, -0.1) is 0 Å². The number of nitrogens with zero attached hydrogens (tertiary/aromatic N) is 3. The molecule has 0 bridgehead atoms. The Balaban J connectivity index is 1.28. The number of rotatable bonds is 6. The summed E-state index contributed by atoms with van der Waals surface area (Å²) < 4.78 is 45.1. The van der Waals surface area contributed by atoms with Crippen LogP contribution in [0.15, 0.2) is 36.4 Å². The van der Waals surface area contributed by atoms with Crippen molar-refractivity contribution in [3.05, 3.63) is 53.1 Å². The maximum atomic E-state index is 12.8. The highest BCUT2D eigenvalue weighted by molar-refractivity contribution is 7.22. The number of aromatic nitrogens is 1. The molecule has 1 aromatic heterocycles. The molecule has 33 heavy (non-hydrogen) atoms. The van der Waals surface area contributed by atoms with E-state index in [4.69, 9.17) is 9.72 Å². The van der Waals surface area contributed by atoms with E-state index in [1.165, 1.54) is 17.7 Å². The molecule has 1 amide bonds. The fourth-order valence-electron chi connectivity index (χ4n) is 3.83. The third-order valence-electron chi connectivity index (χ3n) is 5.72. The second-order valence-electron chi connectivity index (χ2n) is 7.92. The SMILES string of the molecule is COc1ccc(C)c2sc(N3CCN(CCNC(=O)c4cccc(C(F)(F)F)c4)CC3)nc12. The Morgan fingerprint density at radius 1 is 1.18 bits per heavy atom. The minimum absolute atomic E-state index is 0.0104. The first kappa shape index (κ1) is 23.3. The van der Waals surface area contributed by atoms with Gasteiger partial charge in [-0.2, -0.15) is 13.2 Å². The molecule has 0 radical (unpaired) electrons. The van der Waals surface area contributed by atoms with Crippen molar-refractivity contribution in [1.82, 2.24) is 15.2 Å². The summed E-state index contributed by atoms with van der Waals surface area (Å²) in [4.78, 5) is 21.5. The van der Waals surface area contributed by atoms with Crippen LogP contribution in [0.25, 0.3) is 10.2 Å². The Morgan fingerprint density at radius 2 is 1.94 bits per heavy atom. The van der Waals surface area contributed by atoms with Gasteiger partial charge >= 0.3 is 6.18 Å². The zero-order valence-corrected chi connectivity index (χ0v) is 19.2. The fraction of sp³-hybridized carbons (Fsp3) is 0.391. The number of halogens is 3. The molecule has 1 N–H and O–H groups in total. The third kappa shape index (κ3) is 5.22. The molecular formula is C23H25F3N4O2S. The molecule has 1 aliphatic rings. The summed E-state index contributed by atoms with van der Waals surface area (Å²) in [5.41, 5.74) is 1.24. The summed E-state index contributed by atoms with van der Waals surface area (Å²) in [7, 11) is 1.65. The van der Waals surface area contributed by atoms with E-state index >= 15 is 0 Å². The van der Waals surface area contributed by atoms with E-state index in [1.54, 1.807) is 18.4 Å². The number of amides is 1. The molecule has 2 heterocycles. The van der Waals surface area contributed by atoms with Gasteiger partial charge in [0.25, 0.3) is 5.91 Å². The molecule has 1 fully saturated rings. The lowest BCUT2D eigenvalue weighted by atomic mass is 10.1. The van der Waals surface area contributed by atoms with E-state index < -0.39 is 17.6 Å². The Bertz CT molecular complexity index is 1140. The number of aryl methyl sites for hydroxylation is 1. The summed E-state index contributed by atoms with van der Waals surface area (Å²) in [5.74, 6) is 0.270. The van der Waals surface area contributed by atoms with Crippen LogP contribution in [0.5, 0.6) is 5.75 Å². The summed E-state index contributed by atoms with van der Waals surface area (Å²) in [6, 6.07) is 8.44. The first-order chi connectivity index (χ1) is 15.8. The molecular weight excluding hydrogens is 453 g/mol. The molecule has 1 aliphatic heterocycles. The average molecular weight is 479 g/mol. The lowest BCUT2D eigenvalue weighted by Crippen LogP contribution is -2.48. The van der Waals surface area contributed by atoms with Crippen molar-refractivity contribution in [3.8, 4) is 5.75 Å². The fourth-order valence-corrected chi connectivity index (χ4v) is 4.93. The highest BCUT2D eigenvalue weighted by Crippen LogP contribution is 2.36. The lowest BCUT2D eigenvalue weighted by Gasteiger charge is -2.34. The number of carbonyl (C=O) groups excluding carboxylic acids is 1. The van der Waals surface area contributed by atoms with Gasteiger partial charge in [0, 0.05) is 44.8 Å². The first-order valence-corrected chi connectivity index (χ1v) is 11.4. The summed E-state index contributed by atoms with van der Waals surface area (Å²) in [5, 5.41) is 3.69. The largest absolute Gasteiger partial charge is 0.494 e. The van der Waals surface area contributed by atoms with E-state index in [0.717, 1.165) is 59.4 Å². The maximum absolute atomic E-state index is 12.8. The number of ether oxygens (including phenoxy) is 1. The van der Waals surface area contributed by atoms with Gasteiger partial charge in [0.15, 0.2) is 5.13 Å². The Morgan fingerprint density at radius 3 is 2.64 bits per heavy atom. The lowest BCUT2D eigenvalue weighted by molar-refractivity contribution is -0.137. The second-order valence-corrected chi connectivity index (χ2v) is 8.90. The van der Waals surface area contributed by atoms with Gasteiger partial charge in [-0.25, -0.2) is 4.98 Å². The molecule has 176 valence electrons. The minimum Gasteiger partial charge on any atom is -0.494 e. The van der Waals surface area contributed by atoms with Crippen molar-refractivity contribution in [1.29, 1.82) is 0 Å². The standard InChI is InChI=1S/C23H25F3N4O2S/c1-15-6-7-18(32-2)19-20(15)33-22(28-19)30-12-10-29(11-13-30)9-8-27-21(31)16-4-3-5-17(14-16)23(24,25)26/h3-7,14H,8-13H2,1-2H3,(H,27,31). The zero-order valence-electron chi connectivity index (χ0n) is 18.4. The van der Waals surface area contributed by atoms with E-state index in [-0.39, 0.29) is 5.56 Å². The highest BCUT2D eigenvalue weighted by Gasteiger charge is 2.31. The zero-order chi connectivity index (χ0) is 23.6. The summed E-state index contributed by atoms with van der Waals surface area (Å²) in [6.07, 6.45) is -4.47. The molecule has 4 rings (SSSR count). The van der Waals surface area contributed by atoms with Gasteiger partial charge < -0.3 is 15.0 Å². The van der Waals surface area contributed by atoms with Gasteiger partial charge in [0.05, 0.1) is 17.4 Å². The first-order valence-electron chi connectivity index (χ1n) is 10.6. The predicted octanol–water partition coefficient (Wildman–Crippen LogP) is 4.18. The third-order valence-corrected chi connectivity index (χ3v) is 6.97. The molecule has 6 nitrogen and oxygen atoms in total. The molecule has 0 atom stereocenters. The molecule has 0 saturated carbocycles. The number of hydrogen-bond acceptors (Lipinski definition) is 6. The Labute approximate surface area is 194 Å². The van der Waals surface area contributed by atoms with Crippen LogP contribution in [0.4, 0.5) is 18.3 Å². The molecule has 0 spiro atoms. The van der Waals surface area contributed by atoms with Crippen molar-refractivity contribution in [2.24, 2.45) is 0 Å². The average Bonchev–Trinajstić information content (AvgIpc) is 3.26. The summed E-state index contributed by atoms with van der Waals surface area (Å²) >= 11 is 1.66. The van der Waals surface area contributed by atoms with Gasteiger partial charge in [-0.1, -0.05) is 23.5 Å². The van der Waals surface area contributed by atoms with Crippen LogP contribution in [0.1, 0.15) is 21.5 Å². The van der Waals surface area contributed by atoms with Crippen molar-refractivity contribution in [2.45, 2.75) is 13.1 Å². The second kappa shape index (κ2) is 9.56. The van der Waals surface area contributed by atoms with Crippen LogP contribution in [0.2, 0.25) is 0 Å². The van der Waals surface area contributed by atoms with Crippen LogP contribution in [-0.2, 0) is 6.18 Å². The Kier molecular flexibility index (Phi) is 6.76. The number of anilines is 1. The van der Waals surface area contributed by atoms with Crippen LogP contribution >= 0.6 is 11.3 Å². The van der Waals surface area contributed by atoms with Crippen LogP contribution in [-0.4, -0.2) is 62.2 Å². The van der Waals surface area contributed by atoms with Crippen molar-refractivity contribution < 1.29 is 22.7 Å². The van der Waals surface area contributed by atoms with E-state index in [9.17, 15) is 18.0 Å². The van der Waals surface area contributed by atoms with E-state index in [1.807, 2.05) is 12.1 Å². The smallest absolute Gasteiger partial charge is 0.416 e. The maximum Gasteiger partial charge on any atom is 0.416 e. The van der Waals surface area contributed by atoms with Gasteiger partial charge in [-0.3, -0.25) is 9.69 Å². The number of alkyl halides is 3. The molecule has 2 aromatic carbocycles. The van der Waals surface area contributed by atoms with Crippen LogP contribution in [0.3, 0.4) is 0 Å². The number of methoxy groups -OCH3 is 1. The molecule has 10 heteroatoms. The van der Waals surface area contributed by atoms with Crippen LogP contribution < -0.4 is 15.0 Å². The van der Waals surface area contributed by atoms with E-state index in [2.05, 4.69) is 22.0 Å². The number of hydrogen-bond donors (Lipinski definition) is 1. The van der Waals surface area contributed by atoms with E-state index in [0.29, 0.717) is 13.1 Å². The monoisotopic (exact) mass is 478 g/mol. The molecule has 1 saturated heterocycles. The van der Waals surface area contributed by atoms with Crippen molar-refractivity contribution in [3.63, 3.8) is 0 Å². The number of carbonyl (C=O) groups is 1. The summed E-state index contributed by atoms with van der Waals surface area (Å²) in [6.45, 7) is 6.30. The number of nitrogens with one attached hydrogen (secondary N) is 1. The quantitative estimate of drug-likeness (QED) is 0.576. The highest BCUT2D eigenvalue weighted by atomic mass is 32.1. The number of fused-ring (bicyclic) bond motifs is 1. The molecule has 0 aliphatic carbocycles. The molecule has 3 aromatic rings.